The number of rotatable bonds is 7. The Labute approximate surface area is 185 Å². The second kappa shape index (κ2) is 9.05. The summed E-state index contributed by atoms with van der Waals surface area (Å²) in [5.41, 5.74) is 2.15. The van der Waals surface area contributed by atoms with Crippen LogP contribution in [0.4, 0.5) is 0 Å². The molecule has 0 radical (unpaired) electrons. The van der Waals surface area contributed by atoms with Crippen LogP contribution in [0.3, 0.4) is 0 Å². The maximum Gasteiger partial charge on any atom is 0.272 e. The summed E-state index contributed by atoms with van der Waals surface area (Å²) in [6.07, 6.45) is 0. The van der Waals surface area contributed by atoms with E-state index in [2.05, 4.69) is 15.3 Å². The lowest BCUT2D eigenvalue weighted by Gasteiger charge is -2.26. The van der Waals surface area contributed by atoms with E-state index in [4.69, 9.17) is 18.9 Å². The van der Waals surface area contributed by atoms with Crippen LogP contribution in [0.25, 0.3) is 10.9 Å². The van der Waals surface area contributed by atoms with Crippen molar-refractivity contribution >= 4 is 16.8 Å². The van der Waals surface area contributed by atoms with Crippen LogP contribution in [0.1, 0.15) is 16.1 Å². The lowest BCUT2D eigenvalue weighted by atomic mass is 10.1. The van der Waals surface area contributed by atoms with Crippen molar-refractivity contribution in [1.82, 2.24) is 20.0 Å². The Morgan fingerprint density at radius 3 is 2.81 bits per heavy atom. The first-order chi connectivity index (χ1) is 15.7. The van der Waals surface area contributed by atoms with Crippen LogP contribution in [-0.2, 0) is 17.8 Å². The number of hydrogen-bond acceptors (Lipinski definition) is 7. The van der Waals surface area contributed by atoms with Crippen LogP contribution in [-0.4, -0.2) is 67.3 Å². The Morgan fingerprint density at radius 1 is 1.12 bits per heavy atom. The molecule has 3 heterocycles. The highest BCUT2D eigenvalue weighted by Crippen LogP contribution is 2.32. The summed E-state index contributed by atoms with van der Waals surface area (Å²) in [5, 5.41) is 8.42. The molecule has 3 aromatic rings. The van der Waals surface area contributed by atoms with E-state index in [1.807, 2.05) is 41.1 Å². The highest BCUT2D eigenvalue weighted by atomic mass is 16.7. The first kappa shape index (κ1) is 20.6. The number of nitrogens with one attached hydrogen (secondary N) is 1. The lowest BCUT2D eigenvalue weighted by Crippen LogP contribution is -2.38. The van der Waals surface area contributed by atoms with E-state index in [-0.39, 0.29) is 12.7 Å². The quantitative estimate of drug-likeness (QED) is 0.604. The molecule has 0 bridgehead atoms. The van der Waals surface area contributed by atoms with Crippen molar-refractivity contribution in [3.8, 4) is 17.2 Å². The summed E-state index contributed by atoms with van der Waals surface area (Å²) in [5.74, 6) is 1.88. The normalized spacial score (nSPS) is 15.8. The molecule has 0 unspecified atom stereocenters. The number of fused-ring (bicyclic) bond motifs is 2. The van der Waals surface area contributed by atoms with E-state index in [1.165, 1.54) is 0 Å². The number of morpholine rings is 1. The van der Waals surface area contributed by atoms with Crippen LogP contribution in [0, 0.1) is 0 Å². The fraction of sp³-hybridized carbons (Fsp3) is 0.391. The van der Waals surface area contributed by atoms with Crippen LogP contribution in [0.2, 0.25) is 0 Å². The molecule has 2 aliphatic heterocycles. The lowest BCUT2D eigenvalue weighted by molar-refractivity contribution is 0.0361. The number of nitrogens with zero attached hydrogens (tertiary/aromatic N) is 3. The van der Waals surface area contributed by atoms with Gasteiger partial charge in [-0.2, -0.15) is 5.10 Å². The third-order valence-electron chi connectivity index (χ3n) is 5.79. The molecule has 2 aliphatic rings. The van der Waals surface area contributed by atoms with Crippen molar-refractivity contribution in [3.05, 3.63) is 47.7 Å². The number of benzene rings is 2. The van der Waals surface area contributed by atoms with Gasteiger partial charge in [-0.05, 0) is 23.8 Å². The average molecular weight is 438 g/mol. The Morgan fingerprint density at radius 2 is 1.97 bits per heavy atom. The molecule has 0 spiro atoms. The average Bonchev–Trinajstić information content (AvgIpc) is 3.46. The standard InChI is InChI=1S/C23H26N4O5/c1-29-19-4-2-3-17-21(25-27(22(17)19)8-7-26-9-11-30-12-10-26)23(28)24-14-16-5-6-18-20(13-16)32-15-31-18/h2-6,13H,7-12,14-15H2,1H3,(H,24,28). The molecule has 5 rings (SSSR count). The van der Waals surface area contributed by atoms with Crippen molar-refractivity contribution in [2.24, 2.45) is 0 Å². The van der Waals surface area contributed by atoms with Gasteiger partial charge in [0, 0.05) is 31.6 Å². The number of hydrogen-bond donors (Lipinski definition) is 1. The Balaban J connectivity index is 1.35. The second-order valence-corrected chi connectivity index (χ2v) is 7.75. The number of ether oxygens (including phenoxy) is 4. The van der Waals surface area contributed by atoms with Crippen LogP contribution in [0.15, 0.2) is 36.4 Å². The predicted octanol–water partition coefficient (Wildman–Crippen LogP) is 2.04. The monoisotopic (exact) mass is 438 g/mol. The van der Waals surface area contributed by atoms with E-state index in [9.17, 15) is 4.79 Å². The van der Waals surface area contributed by atoms with E-state index in [0.717, 1.165) is 55.1 Å². The number of carbonyl (C=O) groups excluding carboxylic acids is 1. The van der Waals surface area contributed by atoms with Gasteiger partial charge in [0.2, 0.25) is 6.79 Å². The van der Waals surface area contributed by atoms with Gasteiger partial charge in [-0.25, -0.2) is 0 Å². The summed E-state index contributed by atoms with van der Waals surface area (Å²) < 4.78 is 23.6. The Kier molecular flexibility index (Phi) is 5.83. The molecule has 1 saturated heterocycles. The molecular formula is C23H26N4O5. The molecule has 0 atom stereocenters. The minimum Gasteiger partial charge on any atom is -0.494 e. The molecular weight excluding hydrogens is 412 g/mol. The topological polar surface area (TPSA) is 87.1 Å². The van der Waals surface area contributed by atoms with Crippen molar-refractivity contribution in [2.45, 2.75) is 13.1 Å². The SMILES string of the molecule is COc1cccc2c(C(=O)NCc3ccc4c(c3)OCO4)nn(CCN3CCOCC3)c12. The number of para-hydroxylation sites is 1. The van der Waals surface area contributed by atoms with Crippen LogP contribution >= 0.6 is 0 Å². The predicted molar refractivity (Wildman–Crippen MR) is 117 cm³/mol. The number of carbonyl (C=O) groups is 1. The molecule has 9 nitrogen and oxygen atoms in total. The van der Waals surface area contributed by atoms with Crippen LogP contribution < -0.4 is 19.5 Å². The fourth-order valence-corrected chi connectivity index (χ4v) is 4.08. The number of amides is 1. The third-order valence-corrected chi connectivity index (χ3v) is 5.79. The minimum atomic E-state index is -0.231. The summed E-state index contributed by atoms with van der Waals surface area (Å²) in [4.78, 5) is 15.4. The molecule has 32 heavy (non-hydrogen) atoms. The van der Waals surface area contributed by atoms with Gasteiger partial charge in [-0.1, -0.05) is 18.2 Å². The van der Waals surface area contributed by atoms with E-state index in [0.29, 0.717) is 30.3 Å². The Bertz CT molecular complexity index is 1120. The molecule has 0 saturated carbocycles. The van der Waals surface area contributed by atoms with Crippen molar-refractivity contribution in [3.63, 3.8) is 0 Å². The molecule has 1 fully saturated rings. The van der Waals surface area contributed by atoms with E-state index >= 15 is 0 Å². The van der Waals surface area contributed by atoms with E-state index < -0.39 is 0 Å². The summed E-state index contributed by atoms with van der Waals surface area (Å²) in [6, 6.07) is 11.3. The summed E-state index contributed by atoms with van der Waals surface area (Å²) in [7, 11) is 1.63. The first-order valence-corrected chi connectivity index (χ1v) is 10.7. The van der Waals surface area contributed by atoms with Gasteiger partial charge in [-0.3, -0.25) is 14.4 Å². The van der Waals surface area contributed by atoms with Crippen molar-refractivity contribution in [1.29, 1.82) is 0 Å². The highest BCUT2D eigenvalue weighted by molar-refractivity contribution is 6.06. The molecule has 2 aromatic carbocycles. The van der Waals surface area contributed by atoms with Crippen molar-refractivity contribution in [2.75, 3.05) is 46.8 Å². The van der Waals surface area contributed by atoms with E-state index in [1.54, 1.807) is 7.11 Å². The number of methoxy groups -OCH3 is 1. The van der Waals surface area contributed by atoms with Gasteiger partial charge < -0.3 is 24.3 Å². The Hall–Kier alpha value is -3.30. The molecule has 1 aromatic heterocycles. The highest BCUT2D eigenvalue weighted by Gasteiger charge is 2.21. The van der Waals surface area contributed by atoms with Crippen LogP contribution in [0.5, 0.6) is 17.2 Å². The molecule has 1 N–H and O–H groups in total. The van der Waals surface area contributed by atoms with Gasteiger partial charge in [0.1, 0.15) is 11.3 Å². The second-order valence-electron chi connectivity index (χ2n) is 7.75. The summed E-state index contributed by atoms with van der Waals surface area (Å²) in [6.45, 7) is 5.37. The van der Waals surface area contributed by atoms with Gasteiger partial charge in [0.05, 0.1) is 26.9 Å². The smallest absolute Gasteiger partial charge is 0.272 e. The first-order valence-electron chi connectivity index (χ1n) is 10.7. The van der Waals surface area contributed by atoms with Gasteiger partial charge in [0.15, 0.2) is 17.2 Å². The molecule has 168 valence electrons. The zero-order valence-electron chi connectivity index (χ0n) is 18.0. The van der Waals surface area contributed by atoms with Gasteiger partial charge >= 0.3 is 0 Å². The zero-order valence-corrected chi connectivity index (χ0v) is 18.0. The van der Waals surface area contributed by atoms with Gasteiger partial charge in [0.25, 0.3) is 5.91 Å². The third kappa shape index (κ3) is 4.09. The zero-order chi connectivity index (χ0) is 21.9. The maximum absolute atomic E-state index is 13.1. The maximum atomic E-state index is 13.1. The molecule has 0 aliphatic carbocycles. The molecule has 1 amide bonds. The fourth-order valence-electron chi connectivity index (χ4n) is 4.08. The molecule has 9 heteroatoms. The number of aromatic nitrogens is 2. The van der Waals surface area contributed by atoms with Gasteiger partial charge in [-0.15, -0.1) is 0 Å². The minimum absolute atomic E-state index is 0.223. The van der Waals surface area contributed by atoms with Crippen molar-refractivity contribution < 1.29 is 23.7 Å². The largest absolute Gasteiger partial charge is 0.494 e. The summed E-state index contributed by atoms with van der Waals surface area (Å²) >= 11 is 0.